The van der Waals surface area contributed by atoms with E-state index in [-0.39, 0.29) is 0 Å². The fourth-order valence-corrected chi connectivity index (χ4v) is 2.92. The highest BCUT2D eigenvalue weighted by Gasteiger charge is 2.43. The minimum absolute atomic E-state index is 0.555. The lowest BCUT2D eigenvalue weighted by Crippen LogP contribution is -2.42. The van der Waals surface area contributed by atoms with E-state index in [1.807, 2.05) is 30.3 Å². The normalized spacial score (nSPS) is 19.1. The lowest BCUT2D eigenvalue weighted by Gasteiger charge is -2.37. The Morgan fingerprint density at radius 3 is 2.52 bits per heavy atom. The summed E-state index contributed by atoms with van der Waals surface area (Å²) in [4.78, 5) is 0. The predicted molar refractivity (Wildman–Crippen MR) is 76.6 cm³/mol. The number of hydrogen-bond acceptors (Lipinski definition) is 5. The van der Waals surface area contributed by atoms with Crippen molar-refractivity contribution in [1.82, 2.24) is 20.2 Å². The molecule has 0 saturated heterocycles. The van der Waals surface area contributed by atoms with Gasteiger partial charge in [-0.05, 0) is 35.4 Å². The Balaban J connectivity index is 1.93. The van der Waals surface area contributed by atoms with Crippen LogP contribution < -0.4 is 4.74 Å². The summed E-state index contributed by atoms with van der Waals surface area (Å²) in [6, 6.07) is 9.51. The first-order valence-corrected chi connectivity index (χ1v) is 7.35. The maximum atomic E-state index is 11.1. The molecule has 1 N–H and O–H groups in total. The zero-order valence-electron chi connectivity index (χ0n) is 12.1. The van der Waals surface area contributed by atoms with Crippen molar-refractivity contribution in [2.75, 3.05) is 0 Å². The van der Waals surface area contributed by atoms with Gasteiger partial charge in [-0.15, -0.1) is 5.10 Å². The van der Waals surface area contributed by atoms with E-state index >= 15 is 0 Å². The Morgan fingerprint density at radius 2 is 1.90 bits per heavy atom. The summed E-state index contributed by atoms with van der Waals surface area (Å²) < 4.78 is 7.64. The molecule has 21 heavy (non-hydrogen) atoms. The van der Waals surface area contributed by atoms with Gasteiger partial charge in [0.1, 0.15) is 11.4 Å². The van der Waals surface area contributed by atoms with E-state index in [1.165, 1.54) is 0 Å². The van der Waals surface area contributed by atoms with Gasteiger partial charge in [-0.25, -0.2) is 4.68 Å². The zero-order chi connectivity index (χ0) is 14.7. The lowest BCUT2D eigenvalue weighted by atomic mass is 9.80. The SMILES string of the molecule is Cn1nnnc1C(Oc1ccccc1)C1(O)CCCCC1. The summed E-state index contributed by atoms with van der Waals surface area (Å²) in [7, 11) is 1.77. The molecule has 0 radical (unpaired) electrons. The second kappa shape index (κ2) is 5.81. The molecule has 0 bridgehead atoms. The highest BCUT2D eigenvalue weighted by molar-refractivity contribution is 5.22. The van der Waals surface area contributed by atoms with Crippen molar-refractivity contribution in [3.8, 4) is 5.75 Å². The molecule has 1 unspecified atom stereocenters. The number of aryl methyl sites for hydroxylation is 1. The summed E-state index contributed by atoms with van der Waals surface area (Å²) in [6.07, 6.45) is 4.00. The number of para-hydroxylation sites is 1. The van der Waals surface area contributed by atoms with Crippen LogP contribution in [0.2, 0.25) is 0 Å². The third-order valence-electron chi connectivity index (χ3n) is 4.09. The molecule has 6 nitrogen and oxygen atoms in total. The van der Waals surface area contributed by atoms with E-state index in [0.29, 0.717) is 24.4 Å². The average Bonchev–Trinajstić information content (AvgIpc) is 2.92. The molecule has 3 rings (SSSR count). The van der Waals surface area contributed by atoms with Crippen molar-refractivity contribution in [2.24, 2.45) is 7.05 Å². The summed E-state index contributed by atoms with van der Waals surface area (Å²) in [5, 5.41) is 22.7. The first kappa shape index (κ1) is 14.0. The van der Waals surface area contributed by atoms with Crippen LogP contribution in [-0.2, 0) is 7.05 Å². The van der Waals surface area contributed by atoms with Crippen LogP contribution in [0.5, 0.6) is 5.75 Å². The van der Waals surface area contributed by atoms with Crippen LogP contribution in [0.4, 0.5) is 0 Å². The molecule has 1 heterocycles. The van der Waals surface area contributed by atoms with Gasteiger partial charge in [0.25, 0.3) is 0 Å². The van der Waals surface area contributed by atoms with Crippen LogP contribution in [-0.4, -0.2) is 30.9 Å². The first-order chi connectivity index (χ1) is 10.2. The van der Waals surface area contributed by atoms with Gasteiger partial charge < -0.3 is 9.84 Å². The number of aliphatic hydroxyl groups is 1. The van der Waals surface area contributed by atoms with Gasteiger partial charge in [0, 0.05) is 7.05 Å². The number of ether oxygens (including phenoxy) is 1. The molecule has 1 aromatic carbocycles. The molecular formula is C15H20N4O2. The first-order valence-electron chi connectivity index (χ1n) is 7.35. The number of hydrogen-bond donors (Lipinski definition) is 1. The third-order valence-corrected chi connectivity index (χ3v) is 4.09. The largest absolute Gasteiger partial charge is 0.479 e. The van der Waals surface area contributed by atoms with Gasteiger partial charge in [-0.3, -0.25) is 0 Å². The smallest absolute Gasteiger partial charge is 0.195 e. The van der Waals surface area contributed by atoms with Gasteiger partial charge in [-0.2, -0.15) is 0 Å². The topological polar surface area (TPSA) is 73.1 Å². The van der Waals surface area contributed by atoms with Gasteiger partial charge in [0.15, 0.2) is 11.9 Å². The molecular weight excluding hydrogens is 268 g/mol. The number of tetrazole rings is 1. The van der Waals surface area contributed by atoms with Crippen LogP contribution in [0, 0.1) is 0 Å². The standard InChI is InChI=1S/C15H20N4O2/c1-19-14(16-17-18-19)13(15(20)10-6-3-7-11-15)21-12-8-4-2-5-9-12/h2,4-5,8-9,13,20H,3,6-7,10-11H2,1H3. The molecule has 6 heteroatoms. The van der Waals surface area contributed by atoms with E-state index in [9.17, 15) is 5.11 Å². The van der Waals surface area contributed by atoms with Crippen molar-refractivity contribution in [3.63, 3.8) is 0 Å². The van der Waals surface area contributed by atoms with Crippen LogP contribution in [0.3, 0.4) is 0 Å². The molecule has 1 saturated carbocycles. The number of nitrogens with zero attached hydrogens (tertiary/aromatic N) is 4. The summed E-state index contributed by atoms with van der Waals surface area (Å²) in [5.74, 6) is 1.27. The fraction of sp³-hybridized carbons (Fsp3) is 0.533. The van der Waals surface area contributed by atoms with E-state index in [1.54, 1.807) is 11.7 Å². The van der Waals surface area contributed by atoms with E-state index in [2.05, 4.69) is 15.5 Å². The third kappa shape index (κ3) is 2.90. The zero-order valence-corrected chi connectivity index (χ0v) is 12.1. The monoisotopic (exact) mass is 288 g/mol. The predicted octanol–water partition coefficient (Wildman–Crippen LogP) is 2.03. The Bertz CT molecular complexity index is 578. The average molecular weight is 288 g/mol. The summed E-state index contributed by atoms with van der Waals surface area (Å²) >= 11 is 0. The highest BCUT2D eigenvalue weighted by atomic mass is 16.5. The van der Waals surface area contributed by atoms with Gasteiger partial charge in [0.2, 0.25) is 0 Å². The Labute approximate surface area is 123 Å². The maximum absolute atomic E-state index is 11.1. The highest BCUT2D eigenvalue weighted by Crippen LogP contribution is 2.40. The van der Waals surface area contributed by atoms with Crippen molar-refractivity contribution in [3.05, 3.63) is 36.2 Å². The van der Waals surface area contributed by atoms with E-state index < -0.39 is 11.7 Å². The van der Waals surface area contributed by atoms with Crippen molar-refractivity contribution in [2.45, 2.75) is 43.8 Å². The molecule has 1 atom stereocenters. The summed E-state index contributed by atoms with van der Waals surface area (Å²) in [6.45, 7) is 0. The number of aromatic nitrogens is 4. The van der Waals surface area contributed by atoms with E-state index in [4.69, 9.17) is 4.74 Å². The Hall–Kier alpha value is -1.95. The molecule has 0 aliphatic heterocycles. The van der Waals surface area contributed by atoms with Crippen molar-refractivity contribution in [1.29, 1.82) is 0 Å². The molecule has 0 amide bonds. The van der Waals surface area contributed by atoms with E-state index in [0.717, 1.165) is 19.3 Å². The molecule has 1 fully saturated rings. The quantitative estimate of drug-likeness (QED) is 0.932. The fourth-order valence-electron chi connectivity index (χ4n) is 2.92. The van der Waals surface area contributed by atoms with Crippen LogP contribution in [0.15, 0.2) is 30.3 Å². The number of rotatable bonds is 4. The molecule has 112 valence electrons. The van der Waals surface area contributed by atoms with Crippen molar-refractivity contribution >= 4 is 0 Å². The molecule has 2 aromatic rings. The second-order valence-corrected chi connectivity index (χ2v) is 5.64. The molecule has 1 aliphatic rings. The van der Waals surface area contributed by atoms with Crippen LogP contribution in [0.1, 0.15) is 44.0 Å². The van der Waals surface area contributed by atoms with Gasteiger partial charge in [-0.1, -0.05) is 37.5 Å². The lowest BCUT2D eigenvalue weighted by molar-refractivity contribution is -0.0920. The minimum atomic E-state index is -0.920. The number of benzene rings is 1. The molecule has 1 aliphatic carbocycles. The minimum Gasteiger partial charge on any atom is -0.479 e. The summed E-state index contributed by atoms with van der Waals surface area (Å²) in [5.41, 5.74) is -0.920. The van der Waals surface area contributed by atoms with Crippen molar-refractivity contribution < 1.29 is 9.84 Å². The van der Waals surface area contributed by atoms with Gasteiger partial charge >= 0.3 is 0 Å². The molecule has 0 spiro atoms. The Kier molecular flexibility index (Phi) is 3.88. The Morgan fingerprint density at radius 1 is 1.19 bits per heavy atom. The van der Waals surface area contributed by atoms with Crippen LogP contribution in [0.25, 0.3) is 0 Å². The maximum Gasteiger partial charge on any atom is 0.195 e. The molecule has 1 aromatic heterocycles. The van der Waals surface area contributed by atoms with Gasteiger partial charge in [0.05, 0.1) is 0 Å². The second-order valence-electron chi connectivity index (χ2n) is 5.64. The van der Waals surface area contributed by atoms with Crippen LogP contribution >= 0.6 is 0 Å².